The Balaban J connectivity index is 2.11. The predicted octanol–water partition coefficient (Wildman–Crippen LogP) is 4.44. The lowest BCUT2D eigenvalue weighted by Gasteiger charge is -2.17. The number of allylic oxidation sites excluding steroid dienone is 1. The van der Waals surface area contributed by atoms with Gasteiger partial charge in [-0.25, -0.2) is 0 Å². The van der Waals surface area contributed by atoms with Crippen LogP contribution in [0.1, 0.15) is 30.0 Å². The third-order valence-electron chi connectivity index (χ3n) is 4.92. The van der Waals surface area contributed by atoms with Gasteiger partial charge in [-0.2, -0.15) is 0 Å². The van der Waals surface area contributed by atoms with E-state index in [-0.39, 0.29) is 12.2 Å². The van der Waals surface area contributed by atoms with Crippen LogP contribution in [0.25, 0.3) is 11.1 Å². The molecule has 0 saturated heterocycles. The molecule has 1 amide bonds. The Morgan fingerprint density at radius 2 is 1.42 bits per heavy atom. The van der Waals surface area contributed by atoms with Gasteiger partial charge in [0, 0.05) is 23.5 Å². The van der Waals surface area contributed by atoms with Crippen LogP contribution in [0.4, 0.5) is 17.1 Å². The monoisotopic (exact) mass is 416 g/mol. The molecule has 0 bridgehead atoms. The Hall–Kier alpha value is -4.13. The largest absolute Gasteiger partial charge is 0.399 e. The number of hydrogen-bond acceptors (Lipinski definition) is 5. The Kier molecular flexibility index (Phi) is 6.67. The minimum atomic E-state index is -0.432. The summed E-state index contributed by atoms with van der Waals surface area (Å²) < 4.78 is 0. The van der Waals surface area contributed by atoms with Gasteiger partial charge in [0.05, 0.1) is 11.5 Å². The number of nitrogens with one attached hydrogen (secondary N) is 1. The SMILES string of the molecule is CCC(=C(c1ccc(N)cc1)c1ccc(NCC(N)=O)cc1)c1ccc([N+](=O)[O-])cc1. The minimum absolute atomic E-state index is 0.0538. The Morgan fingerprint density at radius 1 is 0.903 bits per heavy atom. The lowest BCUT2D eigenvalue weighted by Crippen LogP contribution is -2.21. The number of carbonyl (C=O) groups is 1. The number of hydrogen-bond donors (Lipinski definition) is 3. The molecule has 0 heterocycles. The first-order valence-corrected chi connectivity index (χ1v) is 9.85. The molecule has 0 aliphatic rings. The number of nitrogens with zero attached hydrogens (tertiary/aromatic N) is 1. The lowest BCUT2D eigenvalue weighted by atomic mass is 9.88. The van der Waals surface area contributed by atoms with Crippen molar-refractivity contribution in [1.82, 2.24) is 0 Å². The van der Waals surface area contributed by atoms with Gasteiger partial charge in [-0.1, -0.05) is 31.2 Å². The molecule has 0 radical (unpaired) electrons. The van der Waals surface area contributed by atoms with E-state index in [0.717, 1.165) is 39.9 Å². The molecule has 0 fully saturated rings. The molecule has 3 rings (SSSR count). The normalized spacial score (nSPS) is 11.5. The van der Waals surface area contributed by atoms with E-state index in [1.54, 1.807) is 12.1 Å². The van der Waals surface area contributed by atoms with Crippen molar-refractivity contribution in [3.05, 3.63) is 99.6 Å². The van der Waals surface area contributed by atoms with Crippen molar-refractivity contribution in [3.8, 4) is 0 Å². The first kappa shape index (κ1) is 21.6. The van der Waals surface area contributed by atoms with Crippen LogP contribution in [0.5, 0.6) is 0 Å². The first-order chi connectivity index (χ1) is 14.9. The van der Waals surface area contributed by atoms with E-state index in [2.05, 4.69) is 12.2 Å². The molecule has 7 nitrogen and oxygen atoms in total. The first-order valence-electron chi connectivity index (χ1n) is 9.85. The summed E-state index contributed by atoms with van der Waals surface area (Å²) in [6.07, 6.45) is 0.721. The van der Waals surface area contributed by atoms with Crippen LogP contribution in [0.3, 0.4) is 0 Å². The highest BCUT2D eigenvalue weighted by Crippen LogP contribution is 2.35. The van der Waals surface area contributed by atoms with E-state index in [9.17, 15) is 14.9 Å². The topological polar surface area (TPSA) is 124 Å². The summed E-state index contributed by atoms with van der Waals surface area (Å²) in [7, 11) is 0. The molecular weight excluding hydrogens is 392 g/mol. The zero-order chi connectivity index (χ0) is 22.4. The highest BCUT2D eigenvalue weighted by molar-refractivity contribution is 5.99. The molecule has 7 heteroatoms. The summed E-state index contributed by atoms with van der Waals surface area (Å²) >= 11 is 0. The number of amides is 1. The maximum absolute atomic E-state index is 11.0. The van der Waals surface area contributed by atoms with Gasteiger partial charge in [-0.05, 0) is 70.7 Å². The standard InChI is InChI=1S/C24H24N4O3/c1-2-22(16-7-13-21(14-8-16)28(30)31)24(17-3-9-19(25)10-4-17)18-5-11-20(12-6-18)27-15-23(26)29/h3-14,27H,2,15,25H2,1H3,(H2,26,29). The average molecular weight is 416 g/mol. The fourth-order valence-corrected chi connectivity index (χ4v) is 3.42. The Labute approximate surface area is 180 Å². The predicted molar refractivity (Wildman–Crippen MR) is 124 cm³/mol. The number of carbonyl (C=O) groups excluding carboxylic acids is 1. The van der Waals surface area contributed by atoms with Crippen molar-refractivity contribution in [2.75, 3.05) is 17.6 Å². The fraction of sp³-hybridized carbons (Fsp3) is 0.125. The Morgan fingerprint density at radius 3 is 1.90 bits per heavy atom. The number of nitro benzene ring substituents is 1. The van der Waals surface area contributed by atoms with Gasteiger partial charge >= 0.3 is 0 Å². The molecule has 0 spiro atoms. The summed E-state index contributed by atoms with van der Waals surface area (Å²) in [6, 6.07) is 21.9. The summed E-state index contributed by atoms with van der Waals surface area (Å²) in [5, 5.41) is 14.0. The third kappa shape index (κ3) is 5.27. The summed E-state index contributed by atoms with van der Waals surface area (Å²) in [5.74, 6) is -0.432. The molecular formula is C24H24N4O3. The second-order valence-corrected chi connectivity index (χ2v) is 7.03. The van der Waals surface area contributed by atoms with Crippen molar-refractivity contribution in [2.24, 2.45) is 5.73 Å². The number of primary amides is 1. The number of anilines is 2. The summed E-state index contributed by atoms with van der Waals surface area (Å²) in [6.45, 7) is 2.11. The Bertz CT molecular complexity index is 1100. The quantitative estimate of drug-likeness (QED) is 0.217. The lowest BCUT2D eigenvalue weighted by molar-refractivity contribution is -0.384. The average Bonchev–Trinajstić information content (AvgIpc) is 2.77. The highest BCUT2D eigenvalue weighted by Gasteiger charge is 2.14. The van der Waals surface area contributed by atoms with E-state index in [1.165, 1.54) is 12.1 Å². The zero-order valence-corrected chi connectivity index (χ0v) is 17.2. The summed E-state index contributed by atoms with van der Waals surface area (Å²) in [5.41, 5.74) is 17.5. The van der Waals surface area contributed by atoms with Gasteiger partial charge in [-0.15, -0.1) is 0 Å². The number of nitro groups is 1. The van der Waals surface area contributed by atoms with E-state index < -0.39 is 10.8 Å². The zero-order valence-electron chi connectivity index (χ0n) is 17.2. The molecule has 0 unspecified atom stereocenters. The van der Waals surface area contributed by atoms with Crippen molar-refractivity contribution in [2.45, 2.75) is 13.3 Å². The van der Waals surface area contributed by atoms with Crippen LogP contribution in [0.15, 0.2) is 72.8 Å². The van der Waals surface area contributed by atoms with Crippen LogP contribution in [0, 0.1) is 10.1 Å². The molecule has 0 aliphatic carbocycles. The van der Waals surface area contributed by atoms with Crippen LogP contribution < -0.4 is 16.8 Å². The van der Waals surface area contributed by atoms with Gasteiger partial charge in [0.1, 0.15) is 0 Å². The maximum Gasteiger partial charge on any atom is 0.269 e. The highest BCUT2D eigenvalue weighted by atomic mass is 16.6. The number of benzene rings is 3. The summed E-state index contributed by atoms with van der Waals surface area (Å²) in [4.78, 5) is 21.6. The number of nitrogens with two attached hydrogens (primary N) is 2. The van der Waals surface area contributed by atoms with Gasteiger partial charge in [-0.3, -0.25) is 14.9 Å². The molecule has 31 heavy (non-hydrogen) atoms. The van der Waals surface area contributed by atoms with Crippen molar-refractivity contribution < 1.29 is 9.72 Å². The van der Waals surface area contributed by atoms with E-state index in [1.807, 2.05) is 48.5 Å². The second kappa shape index (κ2) is 9.58. The number of non-ortho nitro benzene ring substituents is 1. The second-order valence-electron chi connectivity index (χ2n) is 7.03. The van der Waals surface area contributed by atoms with Gasteiger partial charge in [0.15, 0.2) is 0 Å². The molecule has 0 aromatic heterocycles. The maximum atomic E-state index is 11.0. The van der Waals surface area contributed by atoms with Crippen LogP contribution in [0.2, 0.25) is 0 Å². The van der Waals surface area contributed by atoms with Crippen molar-refractivity contribution in [1.29, 1.82) is 0 Å². The van der Waals surface area contributed by atoms with Gasteiger partial charge in [0.2, 0.25) is 5.91 Å². The molecule has 3 aromatic carbocycles. The van der Waals surface area contributed by atoms with Gasteiger partial charge < -0.3 is 16.8 Å². The molecule has 0 aliphatic heterocycles. The van der Waals surface area contributed by atoms with Crippen LogP contribution >= 0.6 is 0 Å². The van der Waals surface area contributed by atoms with E-state index in [4.69, 9.17) is 11.5 Å². The third-order valence-corrected chi connectivity index (χ3v) is 4.92. The number of nitrogen functional groups attached to an aromatic ring is 1. The van der Waals surface area contributed by atoms with Crippen molar-refractivity contribution >= 4 is 34.1 Å². The molecule has 158 valence electrons. The van der Waals surface area contributed by atoms with Gasteiger partial charge in [0.25, 0.3) is 5.69 Å². The van der Waals surface area contributed by atoms with Crippen molar-refractivity contribution in [3.63, 3.8) is 0 Å². The number of rotatable bonds is 8. The molecule has 0 atom stereocenters. The molecule has 5 N–H and O–H groups in total. The fourth-order valence-electron chi connectivity index (χ4n) is 3.42. The minimum Gasteiger partial charge on any atom is -0.399 e. The van der Waals surface area contributed by atoms with E-state index >= 15 is 0 Å². The van der Waals surface area contributed by atoms with Crippen LogP contribution in [-0.4, -0.2) is 17.4 Å². The smallest absolute Gasteiger partial charge is 0.269 e. The molecule has 3 aromatic rings. The van der Waals surface area contributed by atoms with Crippen LogP contribution in [-0.2, 0) is 4.79 Å². The van der Waals surface area contributed by atoms with E-state index in [0.29, 0.717) is 5.69 Å². The molecule has 0 saturated carbocycles.